The van der Waals surface area contributed by atoms with Gasteiger partial charge >= 0.3 is 0 Å². The number of allylic oxidation sites excluding steroid dienone is 1. The maximum absolute atomic E-state index is 13.5. The summed E-state index contributed by atoms with van der Waals surface area (Å²) < 4.78 is 40.8. The number of rotatable bonds is 8. The highest BCUT2D eigenvalue weighted by Gasteiger charge is 2.26. The molecule has 4 aromatic rings. The number of aryl methyl sites for hydroxylation is 2. The van der Waals surface area contributed by atoms with E-state index in [2.05, 4.69) is 41.3 Å². The van der Waals surface area contributed by atoms with E-state index >= 15 is 0 Å². The number of alkyl halides is 1. The Kier molecular flexibility index (Phi) is 7.17. The zero-order valence-corrected chi connectivity index (χ0v) is 23.3. The van der Waals surface area contributed by atoms with E-state index in [-0.39, 0.29) is 6.67 Å². The molecule has 0 saturated carbocycles. The monoisotopic (exact) mass is 542 g/mol. The standard InChI is InChI=1S/C33H35FN2O2S/c1-24-7-13-28(14-8-24)39(37,38)36-20-17-32-30-6-3-2-5-29(31(30)15-16-33(32)36)27-11-9-25(10-12-27)21-26-22-35(23-26)19-4-18-34/h5,7-17,20,26H,2-4,6,18-19,21-23H2,1H3. The van der Waals surface area contributed by atoms with Gasteiger partial charge in [0.25, 0.3) is 10.0 Å². The van der Waals surface area contributed by atoms with Gasteiger partial charge in [-0.15, -0.1) is 0 Å². The summed E-state index contributed by atoms with van der Waals surface area (Å²) in [5.41, 5.74) is 7.95. The van der Waals surface area contributed by atoms with E-state index in [1.54, 1.807) is 18.3 Å². The van der Waals surface area contributed by atoms with Crippen molar-refractivity contribution in [2.75, 3.05) is 26.3 Å². The highest BCUT2D eigenvalue weighted by molar-refractivity contribution is 7.90. The first-order chi connectivity index (χ1) is 18.9. The van der Waals surface area contributed by atoms with Gasteiger partial charge in [0, 0.05) is 31.2 Å². The molecule has 1 aromatic heterocycles. The van der Waals surface area contributed by atoms with Crippen LogP contribution in [-0.4, -0.2) is 43.6 Å². The lowest BCUT2D eigenvalue weighted by Gasteiger charge is -2.39. The molecule has 1 aliphatic carbocycles. The largest absolute Gasteiger partial charge is 0.303 e. The number of fused-ring (bicyclic) bond motifs is 3. The van der Waals surface area contributed by atoms with E-state index in [1.807, 2.05) is 31.2 Å². The molecule has 1 fully saturated rings. The van der Waals surface area contributed by atoms with Crippen LogP contribution in [0.15, 0.2) is 83.9 Å². The third-order valence-electron chi connectivity index (χ3n) is 8.23. The fourth-order valence-corrected chi connectivity index (χ4v) is 7.49. The maximum atomic E-state index is 13.5. The molecule has 0 N–H and O–H groups in total. The molecule has 4 nitrogen and oxygen atoms in total. The summed E-state index contributed by atoms with van der Waals surface area (Å²) in [7, 11) is -3.68. The van der Waals surface area contributed by atoms with Crippen LogP contribution < -0.4 is 0 Å². The van der Waals surface area contributed by atoms with E-state index in [0.29, 0.717) is 17.2 Å². The molecule has 202 valence electrons. The van der Waals surface area contributed by atoms with Crippen LogP contribution in [0, 0.1) is 12.8 Å². The van der Waals surface area contributed by atoms with E-state index in [0.717, 1.165) is 61.8 Å². The zero-order chi connectivity index (χ0) is 27.0. The number of hydrogen-bond acceptors (Lipinski definition) is 3. The number of nitrogens with zero attached hydrogens (tertiary/aromatic N) is 2. The van der Waals surface area contributed by atoms with Gasteiger partial charge in [0.15, 0.2) is 0 Å². The number of aromatic nitrogens is 1. The van der Waals surface area contributed by atoms with Crippen molar-refractivity contribution in [3.05, 3.63) is 107 Å². The lowest BCUT2D eigenvalue weighted by atomic mass is 9.89. The smallest absolute Gasteiger partial charge is 0.268 e. The molecular weight excluding hydrogens is 507 g/mol. The first-order valence-electron chi connectivity index (χ1n) is 14.0. The summed E-state index contributed by atoms with van der Waals surface area (Å²) in [6.07, 6.45) is 8.67. The third kappa shape index (κ3) is 5.08. The highest BCUT2D eigenvalue weighted by atomic mass is 32.2. The minimum absolute atomic E-state index is 0.231. The Morgan fingerprint density at radius 3 is 2.46 bits per heavy atom. The first-order valence-corrected chi connectivity index (χ1v) is 15.4. The lowest BCUT2D eigenvalue weighted by molar-refractivity contribution is 0.0968. The van der Waals surface area contributed by atoms with E-state index in [4.69, 9.17) is 0 Å². The molecular formula is C33H35FN2O2S. The average Bonchev–Trinajstić information content (AvgIpc) is 3.25. The van der Waals surface area contributed by atoms with Gasteiger partial charge < -0.3 is 4.90 Å². The second-order valence-electron chi connectivity index (χ2n) is 11.0. The minimum atomic E-state index is -3.68. The molecule has 3 aromatic carbocycles. The predicted octanol–water partition coefficient (Wildman–Crippen LogP) is 6.79. The van der Waals surface area contributed by atoms with Crippen molar-refractivity contribution in [2.45, 2.75) is 43.9 Å². The van der Waals surface area contributed by atoms with Crippen LogP contribution in [0.1, 0.15) is 47.1 Å². The Labute approximate surface area is 230 Å². The summed E-state index contributed by atoms with van der Waals surface area (Å²) in [5, 5.41) is 1.01. The molecule has 2 aliphatic rings. The van der Waals surface area contributed by atoms with E-state index < -0.39 is 10.0 Å². The summed E-state index contributed by atoms with van der Waals surface area (Å²) in [5.74, 6) is 0.654. The number of hydrogen-bond donors (Lipinski definition) is 0. The molecule has 6 rings (SSSR count). The SMILES string of the molecule is Cc1ccc(S(=O)(=O)n2ccc3c4c(ccc32)C(c2ccc(CC3CN(CCCF)C3)cc2)=CCCC4)cc1. The van der Waals surface area contributed by atoms with Crippen LogP contribution in [0.3, 0.4) is 0 Å². The van der Waals surface area contributed by atoms with Crippen LogP contribution in [0.25, 0.3) is 16.5 Å². The molecule has 0 atom stereocenters. The van der Waals surface area contributed by atoms with Gasteiger partial charge in [-0.2, -0.15) is 0 Å². The van der Waals surface area contributed by atoms with E-state index in [1.165, 1.54) is 31.8 Å². The summed E-state index contributed by atoms with van der Waals surface area (Å²) >= 11 is 0. The van der Waals surface area contributed by atoms with Gasteiger partial charge in [-0.3, -0.25) is 4.39 Å². The number of halogens is 1. The van der Waals surface area contributed by atoms with Gasteiger partial charge in [-0.25, -0.2) is 12.4 Å². The molecule has 0 unspecified atom stereocenters. The van der Waals surface area contributed by atoms with Crippen molar-refractivity contribution >= 4 is 26.5 Å². The summed E-state index contributed by atoms with van der Waals surface area (Å²) in [4.78, 5) is 2.64. The van der Waals surface area contributed by atoms with Gasteiger partial charge in [0.05, 0.1) is 17.1 Å². The molecule has 0 radical (unpaired) electrons. The minimum Gasteiger partial charge on any atom is -0.303 e. The number of likely N-dealkylation sites (tertiary alicyclic amines) is 1. The van der Waals surface area contributed by atoms with Crippen LogP contribution in [0.5, 0.6) is 0 Å². The normalized spacial score (nSPS) is 16.5. The summed E-state index contributed by atoms with van der Waals surface area (Å²) in [6.45, 7) is 4.72. The Bertz CT molecular complexity index is 1610. The van der Waals surface area contributed by atoms with E-state index in [9.17, 15) is 12.8 Å². The fourth-order valence-electron chi connectivity index (χ4n) is 6.14. The highest BCUT2D eigenvalue weighted by Crippen LogP contribution is 2.36. The van der Waals surface area contributed by atoms with Crippen molar-refractivity contribution in [1.29, 1.82) is 0 Å². The Hall–Kier alpha value is -3.22. The van der Waals surface area contributed by atoms with Crippen molar-refractivity contribution in [2.24, 2.45) is 5.92 Å². The lowest BCUT2D eigenvalue weighted by Crippen LogP contribution is -2.47. The van der Waals surface area contributed by atoms with Gasteiger partial charge in [-0.1, -0.05) is 54.1 Å². The molecule has 0 amide bonds. The Morgan fingerprint density at radius 1 is 0.949 bits per heavy atom. The maximum Gasteiger partial charge on any atom is 0.268 e. The summed E-state index contributed by atoms with van der Waals surface area (Å²) in [6, 6.07) is 22.0. The third-order valence-corrected chi connectivity index (χ3v) is 9.93. The molecule has 1 aliphatic heterocycles. The second-order valence-corrected chi connectivity index (χ2v) is 12.8. The van der Waals surface area contributed by atoms with Crippen molar-refractivity contribution in [3.63, 3.8) is 0 Å². The molecule has 2 heterocycles. The van der Waals surface area contributed by atoms with Crippen LogP contribution >= 0.6 is 0 Å². The average molecular weight is 543 g/mol. The molecule has 39 heavy (non-hydrogen) atoms. The van der Waals surface area contributed by atoms with Crippen molar-refractivity contribution in [1.82, 2.24) is 8.87 Å². The van der Waals surface area contributed by atoms with Crippen LogP contribution in [0.4, 0.5) is 4.39 Å². The molecule has 0 bridgehead atoms. The van der Waals surface area contributed by atoms with Gasteiger partial charge in [-0.05, 0) is 97.0 Å². The Morgan fingerprint density at radius 2 is 1.72 bits per heavy atom. The van der Waals surface area contributed by atoms with Crippen LogP contribution in [-0.2, 0) is 22.9 Å². The van der Waals surface area contributed by atoms with Gasteiger partial charge in [0.1, 0.15) is 0 Å². The zero-order valence-electron chi connectivity index (χ0n) is 22.4. The van der Waals surface area contributed by atoms with Crippen molar-refractivity contribution in [3.8, 4) is 0 Å². The van der Waals surface area contributed by atoms with Crippen LogP contribution in [0.2, 0.25) is 0 Å². The first kappa shape index (κ1) is 26.0. The van der Waals surface area contributed by atoms with Gasteiger partial charge in [0.2, 0.25) is 0 Å². The topological polar surface area (TPSA) is 42.3 Å². The number of benzene rings is 3. The van der Waals surface area contributed by atoms with Crippen molar-refractivity contribution < 1.29 is 12.8 Å². The molecule has 1 saturated heterocycles. The fraction of sp³-hybridized carbons (Fsp3) is 0.333. The quantitative estimate of drug-likeness (QED) is 0.246. The predicted molar refractivity (Wildman–Crippen MR) is 156 cm³/mol. The molecule has 6 heteroatoms. The molecule has 0 spiro atoms. The second kappa shape index (κ2) is 10.7. The Balaban J connectivity index is 1.26.